The van der Waals surface area contributed by atoms with Crippen molar-refractivity contribution in [3.63, 3.8) is 0 Å². The number of rotatable bonds is 9. The van der Waals surface area contributed by atoms with Gasteiger partial charge in [0.1, 0.15) is 12.4 Å². The number of hydrogen-bond donors (Lipinski definition) is 0. The average molecular weight is 267 g/mol. The van der Waals surface area contributed by atoms with E-state index in [1.807, 2.05) is 11.8 Å². The smallest absolute Gasteiger partial charge is 0.119 e. The quantitative estimate of drug-likeness (QED) is 0.497. The fourth-order valence-electron chi connectivity index (χ4n) is 1.52. The van der Waals surface area contributed by atoms with Gasteiger partial charge in [-0.3, -0.25) is 0 Å². The lowest BCUT2D eigenvalue weighted by Crippen LogP contribution is -2.19. The number of benzene rings is 1. The van der Waals surface area contributed by atoms with E-state index in [-0.39, 0.29) is 0 Å². The predicted octanol–water partition coefficient (Wildman–Crippen LogP) is 3.91. The van der Waals surface area contributed by atoms with Gasteiger partial charge in [0.05, 0.1) is 0 Å². The third kappa shape index (κ3) is 6.92. The van der Waals surface area contributed by atoms with Crippen molar-refractivity contribution in [2.75, 3.05) is 33.0 Å². The van der Waals surface area contributed by atoms with Crippen LogP contribution in [0, 0.1) is 0 Å². The molecule has 0 aliphatic rings. The molecule has 3 heteroatoms. The lowest BCUT2D eigenvalue weighted by molar-refractivity contribution is 0.261. The summed E-state index contributed by atoms with van der Waals surface area (Å²) in [6, 6.07) is 8.44. The Morgan fingerprint density at radius 3 is 2.44 bits per heavy atom. The van der Waals surface area contributed by atoms with E-state index < -0.39 is 0 Å². The average Bonchev–Trinajstić information content (AvgIpc) is 2.36. The number of unbranched alkanes of at least 4 members (excludes halogenated alkanes) is 2. The first-order chi connectivity index (χ1) is 8.72. The highest BCUT2D eigenvalue weighted by Gasteiger charge is 1.97. The molecule has 0 atom stereocenters. The molecule has 18 heavy (non-hydrogen) atoms. The molecule has 0 heterocycles. The van der Waals surface area contributed by atoms with Gasteiger partial charge >= 0.3 is 0 Å². The Hall–Kier alpha value is -0.670. The van der Waals surface area contributed by atoms with Crippen molar-refractivity contribution in [3.8, 4) is 5.75 Å². The Morgan fingerprint density at radius 1 is 1.11 bits per heavy atom. The molecule has 0 amide bonds. The summed E-state index contributed by atoms with van der Waals surface area (Å²) < 4.78 is 5.66. The molecule has 0 unspecified atom stereocenters. The second kappa shape index (κ2) is 9.29. The van der Waals surface area contributed by atoms with Crippen molar-refractivity contribution < 1.29 is 4.74 Å². The first-order valence-corrected chi connectivity index (χ1v) is 7.71. The van der Waals surface area contributed by atoms with Gasteiger partial charge in [0.25, 0.3) is 0 Å². The van der Waals surface area contributed by atoms with Crippen LogP contribution < -0.4 is 4.74 Å². The van der Waals surface area contributed by atoms with Gasteiger partial charge in [-0.05, 0) is 50.5 Å². The van der Waals surface area contributed by atoms with E-state index in [0.29, 0.717) is 0 Å². The predicted molar refractivity (Wildman–Crippen MR) is 80.7 cm³/mol. The number of thioether (sulfide) groups is 1. The molecule has 1 aromatic rings. The lowest BCUT2D eigenvalue weighted by atomic mass is 10.3. The van der Waals surface area contributed by atoms with Crippen molar-refractivity contribution >= 4 is 11.8 Å². The Morgan fingerprint density at radius 2 is 1.83 bits per heavy atom. The Labute approximate surface area is 116 Å². The van der Waals surface area contributed by atoms with E-state index >= 15 is 0 Å². The van der Waals surface area contributed by atoms with Crippen molar-refractivity contribution in [2.24, 2.45) is 0 Å². The molecule has 0 aromatic heterocycles. The zero-order chi connectivity index (χ0) is 13.2. The van der Waals surface area contributed by atoms with Crippen LogP contribution >= 0.6 is 11.8 Å². The second-order valence-electron chi connectivity index (χ2n) is 4.68. The Kier molecular flexibility index (Phi) is 7.94. The molecular formula is C15H25NOS. The third-order valence-electron chi connectivity index (χ3n) is 2.65. The highest BCUT2D eigenvalue weighted by atomic mass is 32.2. The van der Waals surface area contributed by atoms with Crippen LogP contribution in [-0.4, -0.2) is 37.9 Å². The summed E-state index contributed by atoms with van der Waals surface area (Å²) in [6.45, 7) is 3.94. The summed E-state index contributed by atoms with van der Waals surface area (Å²) in [5.74, 6) is 2.18. The van der Waals surface area contributed by atoms with Gasteiger partial charge in [-0.25, -0.2) is 0 Å². The summed E-state index contributed by atoms with van der Waals surface area (Å²) in [5.41, 5.74) is 0. The minimum absolute atomic E-state index is 0.746. The van der Waals surface area contributed by atoms with Gasteiger partial charge in [0, 0.05) is 11.4 Å². The monoisotopic (exact) mass is 267 g/mol. The van der Waals surface area contributed by atoms with E-state index in [1.165, 1.54) is 29.9 Å². The first-order valence-electron chi connectivity index (χ1n) is 6.72. The maximum absolute atomic E-state index is 5.66. The van der Waals surface area contributed by atoms with Crippen LogP contribution in [0.2, 0.25) is 0 Å². The van der Waals surface area contributed by atoms with E-state index in [1.54, 1.807) is 0 Å². The molecule has 0 radical (unpaired) electrons. The number of likely N-dealkylation sites (N-methyl/N-ethyl adjacent to an activating group) is 1. The molecule has 0 aliphatic heterocycles. The molecule has 0 aliphatic carbocycles. The summed E-state index contributed by atoms with van der Waals surface area (Å²) in [5, 5.41) is 0. The standard InChI is InChI=1S/C15H25NOS/c1-4-5-6-13-18-15-9-7-14(8-10-15)17-12-11-16(2)3/h7-10H,4-6,11-13H2,1-3H3. The highest BCUT2D eigenvalue weighted by molar-refractivity contribution is 7.99. The SMILES string of the molecule is CCCCCSc1ccc(OCCN(C)C)cc1. The molecule has 0 saturated heterocycles. The van der Waals surface area contributed by atoms with E-state index in [2.05, 4.69) is 50.2 Å². The number of nitrogens with zero attached hydrogens (tertiary/aromatic N) is 1. The topological polar surface area (TPSA) is 12.5 Å². The van der Waals surface area contributed by atoms with Crippen LogP contribution in [-0.2, 0) is 0 Å². The summed E-state index contributed by atoms with van der Waals surface area (Å²) >= 11 is 1.93. The molecule has 0 spiro atoms. The van der Waals surface area contributed by atoms with Gasteiger partial charge in [-0.15, -0.1) is 11.8 Å². The summed E-state index contributed by atoms with van der Waals surface area (Å²) in [7, 11) is 4.11. The molecular weight excluding hydrogens is 242 g/mol. The van der Waals surface area contributed by atoms with Crippen LogP contribution in [0.1, 0.15) is 26.2 Å². The first kappa shape index (κ1) is 15.4. The Bertz CT molecular complexity index is 311. The highest BCUT2D eigenvalue weighted by Crippen LogP contribution is 2.22. The van der Waals surface area contributed by atoms with E-state index in [9.17, 15) is 0 Å². The maximum atomic E-state index is 5.66. The zero-order valence-corrected chi connectivity index (χ0v) is 12.6. The number of ether oxygens (including phenoxy) is 1. The van der Waals surface area contributed by atoms with Crippen LogP contribution in [0.5, 0.6) is 5.75 Å². The zero-order valence-electron chi connectivity index (χ0n) is 11.8. The molecule has 1 aromatic carbocycles. The third-order valence-corrected chi connectivity index (χ3v) is 3.75. The van der Waals surface area contributed by atoms with Crippen molar-refractivity contribution in [2.45, 2.75) is 31.1 Å². The Balaban J connectivity index is 2.24. The molecule has 0 bridgehead atoms. The van der Waals surface area contributed by atoms with Gasteiger partial charge in [-0.1, -0.05) is 19.8 Å². The van der Waals surface area contributed by atoms with Gasteiger partial charge in [-0.2, -0.15) is 0 Å². The van der Waals surface area contributed by atoms with Gasteiger partial charge < -0.3 is 9.64 Å². The molecule has 102 valence electrons. The lowest BCUT2D eigenvalue weighted by Gasteiger charge is -2.11. The molecule has 0 saturated carbocycles. The van der Waals surface area contributed by atoms with Crippen molar-refractivity contribution in [1.29, 1.82) is 0 Å². The fourth-order valence-corrected chi connectivity index (χ4v) is 2.43. The van der Waals surface area contributed by atoms with Crippen LogP contribution in [0.25, 0.3) is 0 Å². The van der Waals surface area contributed by atoms with Crippen LogP contribution in [0.4, 0.5) is 0 Å². The van der Waals surface area contributed by atoms with Crippen LogP contribution in [0.3, 0.4) is 0 Å². The minimum Gasteiger partial charge on any atom is -0.492 e. The normalized spacial score (nSPS) is 10.9. The van der Waals surface area contributed by atoms with Crippen molar-refractivity contribution in [3.05, 3.63) is 24.3 Å². The van der Waals surface area contributed by atoms with E-state index in [4.69, 9.17) is 4.74 Å². The largest absolute Gasteiger partial charge is 0.492 e. The van der Waals surface area contributed by atoms with Gasteiger partial charge in [0.2, 0.25) is 0 Å². The van der Waals surface area contributed by atoms with Gasteiger partial charge in [0.15, 0.2) is 0 Å². The molecule has 1 rings (SSSR count). The number of hydrogen-bond acceptors (Lipinski definition) is 3. The van der Waals surface area contributed by atoms with Crippen LogP contribution in [0.15, 0.2) is 29.2 Å². The fraction of sp³-hybridized carbons (Fsp3) is 0.600. The van der Waals surface area contributed by atoms with Crippen molar-refractivity contribution in [1.82, 2.24) is 4.90 Å². The molecule has 0 fully saturated rings. The molecule has 0 N–H and O–H groups in total. The second-order valence-corrected chi connectivity index (χ2v) is 5.85. The minimum atomic E-state index is 0.746. The molecule has 2 nitrogen and oxygen atoms in total. The maximum Gasteiger partial charge on any atom is 0.119 e. The van der Waals surface area contributed by atoms with E-state index in [0.717, 1.165) is 18.9 Å². The summed E-state index contributed by atoms with van der Waals surface area (Å²) in [4.78, 5) is 3.46. The summed E-state index contributed by atoms with van der Waals surface area (Å²) in [6.07, 6.45) is 3.93.